The Morgan fingerprint density at radius 1 is 1.45 bits per heavy atom. The highest BCUT2D eigenvalue weighted by Crippen LogP contribution is 2.25. The van der Waals surface area contributed by atoms with E-state index in [0.717, 1.165) is 30.2 Å². The molecule has 0 radical (unpaired) electrons. The lowest BCUT2D eigenvalue weighted by atomic mass is 10.1. The predicted molar refractivity (Wildman–Crippen MR) is 75.3 cm³/mol. The van der Waals surface area contributed by atoms with Gasteiger partial charge in [-0.15, -0.1) is 11.8 Å². The molecule has 1 aliphatic rings. The van der Waals surface area contributed by atoms with E-state index < -0.39 is 0 Å². The molecule has 104 valence electrons. The van der Waals surface area contributed by atoms with Crippen molar-refractivity contribution in [3.8, 4) is 0 Å². The van der Waals surface area contributed by atoms with E-state index in [9.17, 15) is 4.79 Å². The number of hydrogen-bond donors (Lipinski definition) is 1. The van der Waals surface area contributed by atoms with Crippen LogP contribution < -0.4 is 0 Å². The number of amides is 1. The van der Waals surface area contributed by atoms with Gasteiger partial charge in [-0.05, 0) is 18.6 Å². The summed E-state index contributed by atoms with van der Waals surface area (Å²) in [5.74, 6) is 1.80. The Balaban J connectivity index is 1.51. The van der Waals surface area contributed by atoms with Gasteiger partial charge in [0.2, 0.25) is 5.91 Å². The fourth-order valence-corrected chi connectivity index (χ4v) is 3.08. The smallest absolute Gasteiger partial charge is 0.232 e. The molecule has 0 saturated carbocycles. The van der Waals surface area contributed by atoms with Gasteiger partial charge >= 0.3 is 0 Å². The van der Waals surface area contributed by atoms with E-state index in [-0.39, 0.29) is 11.8 Å². The molecule has 1 aliphatic heterocycles. The van der Waals surface area contributed by atoms with E-state index in [0.29, 0.717) is 5.75 Å². The maximum Gasteiger partial charge on any atom is 0.232 e. The van der Waals surface area contributed by atoms with Crippen LogP contribution in [0.15, 0.2) is 35.7 Å². The lowest BCUT2D eigenvalue weighted by Crippen LogP contribution is -2.30. The molecular weight excluding hydrogens is 274 g/mol. The molecule has 20 heavy (non-hydrogen) atoms. The van der Waals surface area contributed by atoms with Crippen LogP contribution in [0.3, 0.4) is 0 Å². The number of nitrogens with one attached hydrogen (secondary N) is 1. The largest absolute Gasteiger partial charge is 0.341 e. The highest BCUT2D eigenvalue weighted by atomic mass is 32.2. The van der Waals surface area contributed by atoms with Crippen LogP contribution in [0, 0.1) is 0 Å². The average molecular weight is 289 g/mol. The molecule has 0 aliphatic carbocycles. The van der Waals surface area contributed by atoms with E-state index >= 15 is 0 Å². The first kappa shape index (κ1) is 13.1. The summed E-state index contributed by atoms with van der Waals surface area (Å²) in [6.45, 7) is 1.52. The summed E-state index contributed by atoms with van der Waals surface area (Å²) in [6.07, 6.45) is 5.94. The van der Waals surface area contributed by atoms with Crippen molar-refractivity contribution in [2.75, 3.05) is 18.8 Å². The van der Waals surface area contributed by atoms with E-state index in [4.69, 9.17) is 0 Å². The van der Waals surface area contributed by atoms with Crippen LogP contribution in [0.2, 0.25) is 0 Å². The number of nitrogens with zero attached hydrogens (tertiary/aromatic N) is 4. The Bertz CT molecular complexity index is 559. The second-order valence-electron chi connectivity index (χ2n) is 4.67. The van der Waals surface area contributed by atoms with Crippen LogP contribution in [0.5, 0.6) is 0 Å². The Kier molecular flexibility index (Phi) is 3.96. The van der Waals surface area contributed by atoms with Gasteiger partial charge in [-0.25, -0.2) is 4.98 Å². The summed E-state index contributed by atoms with van der Waals surface area (Å²) in [5, 5.41) is 6.75. The molecule has 2 aromatic heterocycles. The third kappa shape index (κ3) is 2.98. The van der Waals surface area contributed by atoms with Crippen molar-refractivity contribution in [3.63, 3.8) is 0 Å². The Labute approximate surface area is 121 Å². The first-order valence-corrected chi connectivity index (χ1v) is 7.47. The van der Waals surface area contributed by atoms with Crippen LogP contribution in [0.4, 0.5) is 0 Å². The van der Waals surface area contributed by atoms with Gasteiger partial charge in [-0.1, -0.05) is 0 Å². The first-order chi connectivity index (χ1) is 9.83. The SMILES string of the molecule is O=C(CSc1ccncc1)N1CCC(c2ncn[nH]2)C1. The molecule has 0 bridgehead atoms. The molecule has 1 atom stereocenters. The Hall–Kier alpha value is -1.89. The third-order valence-electron chi connectivity index (χ3n) is 3.37. The van der Waals surface area contributed by atoms with Gasteiger partial charge in [0.1, 0.15) is 12.2 Å². The molecular formula is C13H15N5OS. The van der Waals surface area contributed by atoms with Gasteiger partial charge in [-0.2, -0.15) is 5.10 Å². The summed E-state index contributed by atoms with van der Waals surface area (Å²) < 4.78 is 0. The number of aromatic nitrogens is 4. The lowest BCUT2D eigenvalue weighted by Gasteiger charge is -2.15. The van der Waals surface area contributed by atoms with E-state index in [2.05, 4.69) is 20.2 Å². The minimum atomic E-state index is 0.175. The Morgan fingerprint density at radius 3 is 3.05 bits per heavy atom. The fourth-order valence-electron chi connectivity index (χ4n) is 2.29. The van der Waals surface area contributed by atoms with E-state index in [1.54, 1.807) is 24.2 Å². The molecule has 2 aromatic rings. The number of likely N-dealkylation sites (tertiary alicyclic amines) is 1. The van der Waals surface area contributed by atoms with E-state index in [1.165, 1.54) is 6.33 Å². The molecule has 3 heterocycles. The number of hydrogen-bond acceptors (Lipinski definition) is 5. The van der Waals surface area contributed by atoms with Crippen molar-refractivity contribution in [1.82, 2.24) is 25.1 Å². The first-order valence-electron chi connectivity index (χ1n) is 6.49. The number of rotatable bonds is 4. The highest BCUT2D eigenvalue weighted by molar-refractivity contribution is 8.00. The second kappa shape index (κ2) is 6.04. The fraction of sp³-hybridized carbons (Fsp3) is 0.385. The number of H-pyrrole nitrogens is 1. The molecule has 1 saturated heterocycles. The minimum Gasteiger partial charge on any atom is -0.341 e. The number of pyridine rings is 1. The molecule has 6 nitrogen and oxygen atoms in total. The summed E-state index contributed by atoms with van der Waals surface area (Å²) in [7, 11) is 0. The van der Waals surface area contributed by atoms with Crippen LogP contribution in [0.1, 0.15) is 18.2 Å². The molecule has 3 rings (SSSR count). The average Bonchev–Trinajstić information content (AvgIpc) is 3.16. The summed E-state index contributed by atoms with van der Waals surface area (Å²) in [5.41, 5.74) is 0. The summed E-state index contributed by atoms with van der Waals surface area (Å²) in [4.78, 5) is 23.3. The maximum absolute atomic E-state index is 12.2. The van der Waals surface area contributed by atoms with Crippen LogP contribution in [-0.4, -0.2) is 49.8 Å². The predicted octanol–water partition coefficient (Wildman–Crippen LogP) is 1.31. The summed E-state index contributed by atoms with van der Waals surface area (Å²) in [6, 6.07) is 3.83. The monoisotopic (exact) mass is 289 g/mol. The standard InChI is InChI=1S/C13H15N5OS/c19-12(8-20-11-1-4-14-5-2-11)18-6-3-10(7-18)13-15-9-16-17-13/h1-2,4-5,9-10H,3,6-8H2,(H,15,16,17). The van der Waals surface area contributed by atoms with Crippen molar-refractivity contribution in [1.29, 1.82) is 0 Å². The zero-order chi connectivity index (χ0) is 13.8. The highest BCUT2D eigenvalue weighted by Gasteiger charge is 2.28. The number of carbonyl (C=O) groups excluding carboxylic acids is 1. The number of carbonyl (C=O) groups is 1. The van der Waals surface area contributed by atoms with Gasteiger partial charge in [-0.3, -0.25) is 14.9 Å². The summed E-state index contributed by atoms with van der Waals surface area (Å²) >= 11 is 1.55. The zero-order valence-electron chi connectivity index (χ0n) is 10.9. The zero-order valence-corrected chi connectivity index (χ0v) is 11.7. The van der Waals surface area contributed by atoms with E-state index in [1.807, 2.05) is 17.0 Å². The molecule has 7 heteroatoms. The van der Waals surface area contributed by atoms with Crippen molar-refractivity contribution in [2.45, 2.75) is 17.2 Å². The molecule has 1 unspecified atom stereocenters. The van der Waals surface area contributed by atoms with Crippen molar-refractivity contribution in [3.05, 3.63) is 36.7 Å². The van der Waals surface area contributed by atoms with Crippen LogP contribution in [0.25, 0.3) is 0 Å². The van der Waals surface area contributed by atoms with Crippen LogP contribution >= 0.6 is 11.8 Å². The number of aromatic amines is 1. The maximum atomic E-state index is 12.2. The van der Waals surface area contributed by atoms with Gasteiger partial charge in [0.05, 0.1) is 5.75 Å². The normalized spacial score (nSPS) is 18.4. The van der Waals surface area contributed by atoms with Gasteiger partial charge < -0.3 is 4.90 Å². The van der Waals surface area contributed by atoms with Crippen molar-refractivity contribution < 1.29 is 4.79 Å². The van der Waals surface area contributed by atoms with Gasteiger partial charge in [0, 0.05) is 36.3 Å². The molecule has 0 spiro atoms. The molecule has 1 fully saturated rings. The van der Waals surface area contributed by atoms with Gasteiger partial charge in [0.15, 0.2) is 0 Å². The second-order valence-corrected chi connectivity index (χ2v) is 5.72. The number of thioether (sulfide) groups is 1. The third-order valence-corrected chi connectivity index (χ3v) is 4.37. The lowest BCUT2D eigenvalue weighted by molar-refractivity contribution is -0.127. The quantitative estimate of drug-likeness (QED) is 0.859. The van der Waals surface area contributed by atoms with Crippen molar-refractivity contribution in [2.24, 2.45) is 0 Å². The van der Waals surface area contributed by atoms with Crippen LogP contribution in [-0.2, 0) is 4.79 Å². The van der Waals surface area contributed by atoms with Crippen molar-refractivity contribution >= 4 is 17.7 Å². The molecule has 1 N–H and O–H groups in total. The minimum absolute atomic E-state index is 0.175. The molecule has 0 aromatic carbocycles. The Morgan fingerprint density at radius 2 is 2.30 bits per heavy atom. The molecule has 1 amide bonds. The topological polar surface area (TPSA) is 74.8 Å². The van der Waals surface area contributed by atoms with Gasteiger partial charge in [0.25, 0.3) is 0 Å².